The summed E-state index contributed by atoms with van der Waals surface area (Å²) in [5.74, 6) is -1.50. The molecule has 0 aliphatic rings. The van der Waals surface area contributed by atoms with Crippen LogP contribution in [0.25, 0.3) is 0 Å². The Kier molecular flexibility index (Phi) is 5.74. The van der Waals surface area contributed by atoms with Crippen molar-refractivity contribution in [2.45, 2.75) is 6.61 Å². The molecule has 0 aliphatic heterocycles. The zero-order valence-electron chi connectivity index (χ0n) is 10.5. The monoisotopic (exact) mass is 292 g/mol. The highest BCUT2D eigenvalue weighted by molar-refractivity contribution is 5.92. The Morgan fingerprint density at radius 1 is 0.900 bits per heavy atom. The maximum atomic E-state index is 11.7. The number of carboxylic acids is 1. The van der Waals surface area contributed by atoms with E-state index in [0.29, 0.717) is 5.56 Å². The quantitative estimate of drug-likeness (QED) is 0.879. The van der Waals surface area contributed by atoms with E-state index in [1.165, 1.54) is 24.3 Å². The molecule has 0 aliphatic carbocycles. The van der Waals surface area contributed by atoms with Gasteiger partial charge in [-0.2, -0.15) is 0 Å². The SMILES string of the molecule is Cl.O=C(O)c1ccc(C(=O)OCc2ccccc2)cc1. The van der Waals surface area contributed by atoms with Crippen LogP contribution in [0.2, 0.25) is 0 Å². The number of carboxylic acid groups (broad SMARTS) is 1. The molecule has 2 aromatic carbocycles. The molecule has 0 aromatic heterocycles. The molecule has 0 unspecified atom stereocenters. The largest absolute Gasteiger partial charge is 0.478 e. The molecule has 0 fully saturated rings. The van der Waals surface area contributed by atoms with Gasteiger partial charge in [0.05, 0.1) is 11.1 Å². The van der Waals surface area contributed by atoms with E-state index in [1.54, 1.807) is 0 Å². The van der Waals surface area contributed by atoms with Gasteiger partial charge in [-0.3, -0.25) is 0 Å². The van der Waals surface area contributed by atoms with Gasteiger partial charge in [-0.25, -0.2) is 9.59 Å². The molecule has 0 radical (unpaired) electrons. The first-order valence-corrected chi connectivity index (χ1v) is 5.71. The minimum absolute atomic E-state index is 0. The van der Waals surface area contributed by atoms with Crippen molar-refractivity contribution in [2.75, 3.05) is 0 Å². The van der Waals surface area contributed by atoms with E-state index in [2.05, 4.69) is 0 Å². The minimum atomic E-state index is -1.02. The van der Waals surface area contributed by atoms with Crippen LogP contribution >= 0.6 is 12.4 Å². The van der Waals surface area contributed by atoms with E-state index in [1.807, 2.05) is 30.3 Å². The number of hydrogen-bond acceptors (Lipinski definition) is 3. The fourth-order valence-corrected chi connectivity index (χ4v) is 1.56. The molecule has 5 heteroatoms. The van der Waals surface area contributed by atoms with Crippen LogP contribution in [-0.4, -0.2) is 17.0 Å². The van der Waals surface area contributed by atoms with Crippen LogP contribution in [0.1, 0.15) is 26.3 Å². The van der Waals surface area contributed by atoms with Crippen molar-refractivity contribution in [2.24, 2.45) is 0 Å². The molecule has 2 aromatic rings. The van der Waals surface area contributed by atoms with Crippen molar-refractivity contribution >= 4 is 24.3 Å². The molecule has 104 valence electrons. The summed E-state index contributed by atoms with van der Waals surface area (Å²) in [7, 11) is 0. The van der Waals surface area contributed by atoms with E-state index in [-0.39, 0.29) is 24.6 Å². The molecule has 1 N–H and O–H groups in total. The number of esters is 1. The highest BCUT2D eigenvalue weighted by Gasteiger charge is 2.09. The summed E-state index contributed by atoms with van der Waals surface area (Å²) in [5.41, 5.74) is 1.37. The fraction of sp³-hybridized carbons (Fsp3) is 0.0667. The van der Waals surface area contributed by atoms with E-state index < -0.39 is 11.9 Å². The predicted octanol–water partition coefficient (Wildman–Crippen LogP) is 3.16. The topological polar surface area (TPSA) is 63.6 Å². The number of ether oxygens (including phenoxy) is 1. The van der Waals surface area contributed by atoms with Crippen molar-refractivity contribution in [3.05, 3.63) is 71.3 Å². The predicted molar refractivity (Wildman–Crippen MR) is 76.2 cm³/mol. The molecule has 0 spiro atoms. The maximum Gasteiger partial charge on any atom is 0.338 e. The third-order valence-electron chi connectivity index (χ3n) is 2.58. The second-order valence-electron chi connectivity index (χ2n) is 3.94. The van der Waals surface area contributed by atoms with Gasteiger partial charge in [0.2, 0.25) is 0 Å². The summed E-state index contributed by atoms with van der Waals surface area (Å²) >= 11 is 0. The van der Waals surface area contributed by atoms with Crippen molar-refractivity contribution < 1.29 is 19.4 Å². The molecule has 0 saturated carbocycles. The lowest BCUT2D eigenvalue weighted by atomic mass is 10.1. The smallest absolute Gasteiger partial charge is 0.338 e. The van der Waals surface area contributed by atoms with E-state index in [0.717, 1.165) is 5.56 Å². The first-order chi connectivity index (χ1) is 9.16. The van der Waals surface area contributed by atoms with Crippen LogP contribution in [0.15, 0.2) is 54.6 Å². The second-order valence-corrected chi connectivity index (χ2v) is 3.94. The van der Waals surface area contributed by atoms with Crippen molar-refractivity contribution in [3.8, 4) is 0 Å². The number of aromatic carboxylic acids is 1. The molecule has 0 amide bonds. The van der Waals surface area contributed by atoms with Crippen molar-refractivity contribution in [3.63, 3.8) is 0 Å². The Morgan fingerprint density at radius 3 is 2.00 bits per heavy atom. The summed E-state index contributed by atoms with van der Waals surface area (Å²) in [5, 5.41) is 8.75. The van der Waals surface area contributed by atoms with Crippen LogP contribution in [0.3, 0.4) is 0 Å². The van der Waals surface area contributed by atoms with E-state index in [9.17, 15) is 9.59 Å². The standard InChI is InChI=1S/C15H12O4.ClH/c16-14(17)12-6-8-13(9-7-12)15(18)19-10-11-4-2-1-3-5-11;/h1-9H,10H2,(H,16,17);1H. The van der Waals surface area contributed by atoms with Gasteiger partial charge in [-0.1, -0.05) is 30.3 Å². The van der Waals surface area contributed by atoms with Gasteiger partial charge in [0, 0.05) is 0 Å². The van der Waals surface area contributed by atoms with Gasteiger partial charge in [0.1, 0.15) is 6.61 Å². The normalized spacial score (nSPS) is 9.40. The number of carbonyl (C=O) groups excluding carboxylic acids is 1. The Hall–Kier alpha value is -2.33. The Bertz CT molecular complexity index is 579. The van der Waals surface area contributed by atoms with Gasteiger partial charge < -0.3 is 9.84 Å². The summed E-state index contributed by atoms with van der Waals surface area (Å²) in [6.07, 6.45) is 0. The molecular weight excluding hydrogens is 280 g/mol. The summed E-state index contributed by atoms with van der Waals surface area (Å²) in [6, 6.07) is 15.0. The molecule has 0 atom stereocenters. The zero-order valence-corrected chi connectivity index (χ0v) is 11.3. The summed E-state index contributed by atoms with van der Waals surface area (Å²) < 4.78 is 5.13. The highest BCUT2D eigenvalue weighted by atomic mass is 35.5. The highest BCUT2D eigenvalue weighted by Crippen LogP contribution is 2.08. The average Bonchev–Trinajstić information content (AvgIpc) is 2.46. The van der Waals surface area contributed by atoms with Gasteiger partial charge in [-0.05, 0) is 29.8 Å². The lowest BCUT2D eigenvalue weighted by Crippen LogP contribution is -2.06. The van der Waals surface area contributed by atoms with Crippen LogP contribution in [-0.2, 0) is 11.3 Å². The molecule has 20 heavy (non-hydrogen) atoms. The van der Waals surface area contributed by atoms with Gasteiger partial charge in [0.25, 0.3) is 0 Å². The van der Waals surface area contributed by atoms with Crippen LogP contribution in [0.4, 0.5) is 0 Å². The fourth-order valence-electron chi connectivity index (χ4n) is 1.56. The molecular formula is C15H13ClO4. The number of hydrogen-bond donors (Lipinski definition) is 1. The molecule has 0 heterocycles. The number of carbonyl (C=O) groups is 2. The molecule has 0 saturated heterocycles. The Labute approximate surface area is 122 Å². The lowest BCUT2D eigenvalue weighted by Gasteiger charge is -2.05. The van der Waals surface area contributed by atoms with Gasteiger partial charge >= 0.3 is 11.9 Å². The first kappa shape index (κ1) is 15.7. The number of rotatable bonds is 4. The van der Waals surface area contributed by atoms with Crippen LogP contribution in [0.5, 0.6) is 0 Å². The first-order valence-electron chi connectivity index (χ1n) is 5.71. The maximum absolute atomic E-state index is 11.7. The third-order valence-corrected chi connectivity index (χ3v) is 2.58. The van der Waals surface area contributed by atoms with Gasteiger partial charge in [0.15, 0.2) is 0 Å². The number of halogens is 1. The van der Waals surface area contributed by atoms with Crippen molar-refractivity contribution in [1.29, 1.82) is 0 Å². The lowest BCUT2D eigenvalue weighted by molar-refractivity contribution is 0.0472. The third kappa shape index (κ3) is 4.10. The summed E-state index contributed by atoms with van der Waals surface area (Å²) in [4.78, 5) is 22.4. The minimum Gasteiger partial charge on any atom is -0.478 e. The van der Waals surface area contributed by atoms with Crippen LogP contribution < -0.4 is 0 Å². The van der Waals surface area contributed by atoms with E-state index >= 15 is 0 Å². The Morgan fingerprint density at radius 2 is 1.45 bits per heavy atom. The van der Waals surface area contributed by atoms with Crippen LogP contribution in [0, 0.1) is 0 Å². The molecule has 0 bridgehead atoms. The zero-order chi connectivity index (χ0) is 13.7. The van der Waals surface area contributed by atoms with E-state index in [4.69, 9.17) is 9.84 Å². The molecule has 4 nitrogen and oxygen atoms in total. The van der Waals surface area contributed by atoms with Gasteiger partial charge in [-0.15, -0.1) is 12.4 Å². The average molecular weight is 293 g/mol. The Balaban J connectivity index is 0.00000200. The molecule has 2 rings (SSSR count). The number of benzene rings is 2. The van der Waals surface area contributed by atoms with Crippen molar-refractivity contribution in [1.82, 2.24) is 0 Å². The summed E-state index contributed by atoms with van der Waals surface area (Å²) in [6.45, 7) is 0.195. The second kappa shape index (κ2) is 7.31.